The van der Waals surface area contributed by atoms with Gasteiger partial charge in [0.1, 0.15) is 0 Å². The number of amides is 1. The number of nitrogens with zero attached hydrogens (tertiary/aromatic N) is 3. The van der Waals surface area contributed by atoms with E-state index in [1.54, 1.807) is 12.4 Å². The first-order chi connectivity index (χ1) is 11.3. The molecule has 1 fully saturated rings. The first-order valence-corrected chi connectivity index (χ1v) is 7.50. The van der Waals surface area contributed by atoms with Crippen molar-refractivity contribution >= 4 is 11.9 Å². The van der Waals surface area contributed by atoms with Gasteiger partial charge in [-0.3, -0.25) is 15.1 Å². The molecule has 2 N–H and O–H groups in total. The molecule has 4 rings (SSSR count). The van der Waals surface area contributed by atoms with E-state index in [1.807, 2.05) is 30.3 Å². The lowest BCUT2D eigenvalue weighted by Crippen LogP contribution is -2.15. The van der Waals surface area contributed by atoms with Crippen molar-refractivity contribution in [2.75, 3.05) is 5.32 Å². The quantitative estimate of drug-likeness (QED) is 0.776. The number of aromatic amines is 1. The van der Waals surface area contributed by atoms with Crippen LogP contribution in [0.5, 0.6) is 0 Å². The molecule has 0 saturated heterocycles. The lowest BCUT2D eigenvalue weighted by Gasteiger charge is -2.01. The van der Waals surface area contributed by atoms with Crippen molar-refractivity contribution in [3.8, 4) is 11.4 Å². The highest BCUT2D eigenvalue weighted by Gasteiger charge is 2.44. The minimum absolute atomic E-state index is 0.00637. The third-order valence-electron chi connectivity index (χ3n) is 4.04. The van der Waals surface area contributed by atoms with E-state index in [9.17, 15) is 4.79 Å². The molecule has 1 amide bonds. The molecule has 2 heterocycles. The fourth-order valence-corrected chi connectivity index (χ4v) is 2.72. The second-order valence-corrected chi connectivity index (χ2v) is 5.61. The van der Waals surface area contributed by atoms with Crippen molar-refractivity contribution in [1.82, 2.24) is 20.2 Å². The Bertz CT molecular complexity index is 815. The van der Waals surface area contributed by atoms with Gasteiger partial charge in [0, 0.05) is 23.9 Å². The summed E-state index contributed by atoms with van der Waals surface area (Å²) >= 11 is 0. The lowest BCUT2D eigenvalue weighted by molar-refractivity contribution is -0.117. The number of aromatic nitrogens is 4. The molecule has 2 atom stereocenters. The van der Waals surface area contributed by atoms with Gasteiger partial charge in [-0.15, -0.1) is 10.2 Å². The molecule has 0 aliphatic heterocycles. The van der Waals surface area contributed by atoms with Crippen LogP contribution >= 0.6 is 0 Å². The molecule has 23 heavy (non-hydrogen) atoms. The van der Waals surface area contributed by atoms with Gasteiger partial charge in [-0.05, 0) is 30.0 Å². The van der Waals surface area contributed by atoms with Crippen molar-refractivity contribution in [1.29, 1.82) is 0 Å². The molecule has 1 aliphatic rings. The van der Waals surface area contributed by atoms with Gasteiger partial charge in [0.15, 0.2) is 5.82 Å². The van der Waals surface area contributed by atoms with Crippen LogP contribution in [0, 0.1) is 5.92 Å². The van der Waals surface area contributed by atoms with E-state index in [1.165, 1.54) is 5.56 Å². The average molecular weight is 305 g/mol. The van der Waals surface area contributed by atoms with Gasteiger partial charge in [-0.2, -0.15) is 0 Å². The van der Waals surface area contributed by atoms with Crippen LogP contribution in [0.2, 0.25) is 0 Å². The van der Waals surface area contributed by atoms with Crippen LogP contribution < -0.4 is 5.32 Å². The number of anilines is 1. The van der Waals surface area contributed by atoms with Crippen LogP contribution in [0.1, 0.15) is 17.9 Å². The number of hydrogen-bond acceptors (Lipinski definition) is 4. The van der Waals surface area contributed by atoms with Crippen LogP contribution in [0.3, 0.4) is 0 Å². The van der Waals surface area contributed by atoms with Crippen LogP contribution in [-0.4, -0.2) is 26.1 Å². The Balaban J connectivity index is 1.42. The highest BCUT2D eigenvalue weighted by atomic mass is 16.2. The first-order valence-electron chi connectivity index (χ1n) is 7.50. The summed E-state index contributed by atoms with van der Waals surface area (Å²) < 4.78 is 0. The average Bonchev–Trinajstić information content (AvgIpc) is 3.29. The lowest BCUT2D eigenvalue weighted by atomic mass is 10.1. The maximum Gasteiger partial charge on any atom is 0.230 e. The number of pyridine rings is 1. The van der Waals surface area contributed by atoms with Crippen LogP contribution in [0.4, 0.5) is 5.95 Å². The normalized spacial score (nSPS) is 19.3. The molecular formula is C17H15N5O. The zero-order valence-corrected chi connectivity index (χ0v) is 12.3. The Hall–Kier alpha value is -3.02. The molecule has 1 aliphatic carbocycles. The van der Waals surface area contributed by atoms with Crippen molar-refractivity contribution in [2.24, 2.45) is 5.92 Å². The van der Waals surface area contributed by atoms with Gasteiger partial charge >= 0.3 is 0 Å². The topological polar surface area (TPSA) is 83.6 Å². The monoisotopic (exact) mass is 305 g/mol. The minimum atomic E-state index is -0.0173. The molecule has 1 saturated carbocycles. The van der Waals surface area contributed by atoms with Crippen LogP contribution in [0.15, 0.2) is 54.9 Å². The Labute approximate surface area is 133 Å². The van der Waals surface area contributed by atoms with Gasteiger partial charge in [0.2, 0.25) is 11.9 Å². The Morgan fingerprint density at radius 2 is 1.87 bits per heavy atom. The standard InChI is InChI=1S/C17H15N5O/c23-16(14-10-13(14)11-4-2-1-3-5-11)20-17-19-15(21-22-17)12-6-8-18-9-7-12/h1-9,13-14H,10H2,(H2,19,20,21,22,23)/t13-,14-/m1/s1. The number of carbonyl (C=O) groups excluding carboxylic acids is 1. The van der Waals surface area contributed by atoms with Gasteiger partial charge < -0.3 is 4.98 Å². The van der Waals surface area contributed by atoms with E-state index in [0.717, 1.165) is 12.0 Å². The summed E-state index contributed by atoms with van der Waals surface area (Å²) in [6.07, 6.45) is 4.25. The molecule has 0 bridgehead atoms. The smallest absolute Gasteiger partial charge is 0.230 e. The van der Waals surface area contributed by atoms with Crippen molar-refractivity contribution in [2.45, 2.75) is 12.3 Å². The van der Waals surface area contributed by atoms with E-state index in [2.05, 4.69) is 37.6 Å². The molecule has 6 nitrogen and oxygen atoms in total. The molecule has 6 heteroatoms. The predicted octanol–water partition coefficient (Wildman–Crippen LogP) is 2.61. The number of carbonyl (C=O) groups is 1. The summed E-state index contributed by atoms with van der Waals surface area (Å²) in [7, 11) is 0. The number of H-pyrrole nitrogens is 1. The minimum Gasteiger partial charge on any atom is -0.307 e. The maximum absolute atomic E-state index is 12.3. The van der Waals surface area contributed by atoms with Gasteiger partial charge in [-0.1, -0.05) is 30.3 Å². The largest absolute Gasteiger partial charge is 0.307 e. The molecule has 2 aromatic heterocycles. The Morgan fingerprint density at radius 1 is 1.09 bits per heavy atom. The van der Waals surface area contributed by atoms with Crippen LogP contribution in [0.25, 0.3) is 11.4 Å². The molecule has 3 aromatic rings. The summed E-state index contributed by atoms with van der Waals surface area (Å²) in [5, 5.41) is 10.8. The molecule has 1 aromatic carbocycles. The van der Waals surface area contributed by atoms with E-state index >= 15 is 0 Å². The Morgan fingerprint density at radius 3 is 2.65 bits per heavy atom. The molecule has 114 valence electrons. The zero-order valence-electron chi connectivity index (χ0n) is 12.3. The predicted molar refractivity (Wildman–Crippen MR) is 85.5 cm³/mol. The SMILES string of the molecule is O=C(Nc1nnc(-c2ccncc2)[nH]1)[C@@H]1C[C@@H]1c1ccccc1. The number of rotatable bonds is 4. The summed E-state index contributed by atoms with van der Waals surface area (Å²) in [6.45, 7) is 0. The third-order valence-corrected chi connectivity index (χ3v) is 4.04. The zero-order chi connectivity index (χ0) is 15.6. The van der Waals surface area contributed by atoms with E-state index < -0.39 is 0 Å². The summed E-state index contributed by atoms with van der Waals surface area (Å²) in [6, 6.07) is 13.8. The molecule has 0 radical (unpaired) electrons. The number of hydrogen-bond donors (Lipinski definition) is 2. The highest BCUT2D eigenvalue weighted by Crippen LogP contribution is 2.47. The van der Waals surface area contributed by atoms with Gasteiger partial charge in [0.05, 0.1) is 0 Å². The van der Waals surface area contributed by atoms with E-state index in [0.29, 0.717) is 17.7 Å². The highest BCUT2D eigenvalue weighted by molar-refractivity contribution is 5.94. The summed E-state index contributed by atoms with van der Waals surface area (Å²) in [5.74, 6) is 1.28. The second-order valence-electron chi connectivity index (χ2n) is 5.61. The summed E-state index contributed by atoms with van der Waals surface area (Å²) in [4.78, 5) is 19.3. The van der Waals surface area contributed by atoms with E-state index in [-0.39, 0.29) is 11.8 Å². The Kier molecular flexibility index (Phi) is 3.34. The van der Waals surface area contributed by atoms with Crippen molar-refractivity contribution < 1.29 is 4.79 Å². The van der Waals surface area contributed by atoms with Crippen LogP contribution in [-0.2, 0) is 4.79 Å². The second kappa shape index (κ2) is 5.64. The third kappa shape index (κ3) is 2.83. The van der Waals surface area contributed by atoms with Gasteiger partial charge in [-0.25, -0.2) is 0 Å². The number of benzene rings is 1. The van der Waals surface area contributed by atoms with Crippen molar-refractivity contribution in [3.05, 3.63) is 60.4 Å². The molecule has 0 unspecified atom stereocenters. The van der Waals surface area contributed by atoms with E-state index in [4.69, 9.17) is 0 Å². The fraction of sp³-hybridized carbons (Fsp3) is 0.176. The fourth-order valence-electron chi connectivity index (χ4n) is 2.72. The summed E-state index contributed by atoms with van der Waals surface area (Å²) in [5.41, 5.74) is 2.09. The molecule has 0 spiro atoms. The van der Waals surface area contributed by atoms with Gasteiger partial charge in [0.25, 0.3) is 0 Å². The first kappa shape index (κ1) is 13.6. The van der Waals surface area contributed by atoms with Crippen molar-refractivity contribution in [3.63, 3.8) is 0 Å². The number of nitrogens with one attached hydrogen (secondary N) is 2. The molecular weight excluding hydrogens is 290 g/mol. The maximum atomic E-state index is 12.3.